The first-order valence-electron chi connectivity index (χ1n) is 8.58. The molecule has 1 saturated heterocycles. The third-order valence-corrected chi connectivity index (χ3v) is 4.34. The van der Waals surface area contributed by atoms with Crippen molar-refractivity contribution in [3.05, 3.63) is 54.4 Å². The second-order valence-electron chi connectivity index (χ2n) is 6.16. The number of nitrogens with zero attached hydrogens (tertiary/aromatic N) is 2. The van der Waals surface area contributed by atoms with E-state index in [1.807, 2.05) is 36.4 Å². The van der Waals surface area contributed by atoms with Gasteiger partial charge in [0.25, 0.3) is 0 Å². The topological polar surface area (TPSA) is 86.5 Å². The number of carbonyl (C=O) groups is 1. The second kappa shape index (κ2) is 7.53. The van der Waals surface area contributed by atoms with Crippen molar-refractivity contribution in [2.24, 2.45) is 0 Å². The van der Waals surface area contributed by atoms with Crippen LogP contribution in [0.25, 0.3) is 11.0 Å². The number of carbonyl (C=O) groups excluding carboxylic acids is 1. The summed E-state index contributed by atoms with van der Waals surface area (Å²) in [6.07, 6.45) is 2.23. The Labute approximate surface area is 150 Å². The lowest BCUT2D eigenvalue weighted by molar-refractivity contribution is -0.123. The fraction of sp³-hybridized carbons (Fsp3) is 0.316. The van der Waals surface area contributed by atoms with Crippen molar-refractivity contribution in [2.45, 2.75) is 25.0 Å². The molecule has 2 aromatic heterocycles. The van der Waals surface area contributed by atoms with Gasteiger partial charge in [-0.15, -0.1) is 0 Å². The molecule has 2 atom stereocenters. The smallest absolute Gasteiger partial charge is 0.226 e. The molecule has 0 bridgehead atoms. The van der Waals surface area contributed by atoms with Gasteiger partial charge in [-0.2, -0.15) is 0 Å². The average molecular weight is 353 g/mol. The van der Waals surface area contributed by atoms with Crippen molar-refractivity contribution < 1.29 is 18.8 Å². The van der Waals surface area contributed by atoms with Crippen molar-refractivity contribution in [3.63, 3.8) is 0 Å². The molecular weight excluding hydrogens is 334 g/mol. The highest BCUT2D eigenvalue weighted by atomic mass is 16.5. The Bertz CT molecular complexity index is 881. The second-order valence-corrected chi connectivity index (χ2v) is 6.16. The van der Waals surface area contributed by atoms with Crippen LogP contribution < -0.4 is 10.1 Å². The van der Waals surface area contributed by atoms with Gasteiger partial charge in [0.15, 0.2) is 5.58 Å². The number of hydrogen-bond acceptors (Lipinski definition) is 6. The number of aromatic nitrogens is 2. The lowest BCUT2D eigenvalue weighted by atomic mass is 10.1. The third-order valence-electron chi connectivity index (χ3n) is 4.34. The van der Waals surface area contributed by atoms with E-state index >= 15 is 0 Å². The summed E-state index contributed by atoms with van der Waals surface area (Å²) in [7, 11) is 0. The van der Waals surface area contributed by atoms with E-state index in [-0.39, 0.29) is 24.5 Å². The molecule has 0 saturated carbocycles. The fourth-order valence-electron chi connectivity index (χ4n) is 3.04. The number of para-hydroxylation sites is 1. The maximum absolute atomic E-state index is 12.5. The van der Waals surface area contributed by atoms with Crippen LogP contribution in [0.4, 0.5) is 0 Å². The Hall–Kier alpha value is -2.93. The van der Waals surface area contributed by atoms with Crippen molar-refractivity contribution in [1.82, 2.24) is 15.5 Å². The lowest BCUT2D eigenvalue weighted by Gasteiger charge is -2.32. The molecule has 3 aromatic rings. The quantitative estimate of drug-likeness (QED) is 0.756. The molecule has 0 radical (unpaired) electrons. The summed E-state index contributed by atoms with van der Waals surface area (Å²) >= 11 is 0. The van der Waals surface area contributed by atoms with Gasteiger partial charge in [-0.1, -0.05) is 23.4 Å². The van der Waals surface area contributed by atoms with Gasteiger partial charge in [-0.05, 0) is 24.6 Å². The van der Waals surface area contributed by atoms with E-state index in [4.69, 9.17) is 14.0 Å². The highest BCUT2D eigenvalue weighted by Gasteiger charge is 2.29. The van der Waals surface area contributed by atoms with Crippen LogP contribution in [0.2, 0.25) is 0 Å². The van der Waals surface area contributed by atoms with Crippen LogP contribution in [0.3, 0.4) is 0 Å². The molecule has 0 unspecified atom stereocenters. The number of fused-ring (bicyclic) bond motifs is 1. The monoisotopic (exact) mass is 353 g/mol. The molecular formula is C19H19N3O4. The van der Waals surface area contributed by atoms with Crippen LogP contribution in [0.5, 0.6) is 5.88 Å². The zero-order valence-electron chi connectivity index (χ0n) is 14.1. The molecule has 26 heavy (non-hydrogen) atoms. The number of pyridine rings is 1. The van der Waals surface area contributed by atoms with Gasteiger partial charge in [0.05, 0.1) is 19.1 Å². The molecule has 0 aliphatic carbocycles. The molecule has 3 heterocycles. The molecule has 7 nitrogen and oxygen atoms in total. The number of hydrogen-bond donors (Lipinski definition) is 1. The van der Waals surface area contributed by atoms with Crippen LogP contribution in [-0.4, -0.2) is 41.4 Å². The first-order valence-corrected chi connectivity index (χ1v) is 8.58. The van der Waals surface area contributed by atoms with E-state index in [0.29, 0.717) is 36.8 Å². The predicted octanol–water partition coefficient (Wildman–Crippen LogP) is 2.12. The molecule has 1 fully saturated rings. The number of amides is 1. The SMILES string of the molecule is O=C(Cc1noc2ccccc12)N[C@@H]1CCOC[C@H]1Oc1ccccn1. The molecule has 1 amide bonds. The van der Waals surface area contributed by atoms with Crippen molar-refractivity contribution in [1.29, 1.82) is 0 Å². The summed E-state index contributed by atoms with van der Waals surface area (Å²) in [6, 6.07) is 12.8. The van der Waals surface area contributed by atoms with E-state index < -0.39 is 0 Å². The lowest BCUT2D eigenvalue weighted by Crippen LogP contribution is -2.51. The van der Waals surface area contributed by atoms with Crippen LogP contribution >= 0.6 is 0 Å². The zero-order chi connectivity index (χ0) is 17.8. The van der Waals surface area contributed by atoms with Gasteiger partial charge in [0, 0.05) is 24.3 Å². The summed E-state index contributed by atoms with van der Waals surface area (Å²) in [5, 5.41) is 7.91. The maximum atomic E-state index is 12.5. The van der Waals surface area contributed by atoms with Gasteiger partial charge in [0.1, 0.15) is 11.8 Å². The highest BCUT2D eigenvalue weighted by Crippen LogP contribution is 2.19. The van der Waals surface area contributed by atoms with Crippen LogP contribution in [-0.2, 0) is 16.0 Å². The molecule has 0 spiro atoms. The minimum atomic E-state index is -0.281. The minimum Gasteiger partial charge on any atom is -0.470 e. The minimum absolute atomic E-state index is 0.120. The molecule has 7 heteroatoms. The Morgan fingerprint density at radius 1 is 1.23 bits per heavy atom. The van der Waals surface area contributed by atoms with Crippen LogP contribution in [0.15, 0.2) is 53.2 Å². The van der Waals surface area contributed by atoms with E-state index in [0.717, 1.165) is 5.39 Å². The van der Waals surface area contributed by atoms with Crippen molar-refractivity contribution in [3.8, 4) is 5.88 Å². The Morgan fingerprint density at radius 3 is 3.00 bits per heavy atom. The Kier molecular flexibility index (Phi) is 4.79. The van der Waals surface area contributed by atoms with Crippen molar-refractivity contribution in [2.75, 3.05) is 13.2 Å². The summed E-state index contributed by atoms with van der Waals surface area (Å²) in [5.41, 5.74) is 1.31. The standard InChI is InChI=1S/C19H19N3O4/c23-18(11-15-13-5-1-2-6-16(13)26-22-15)21-14-8-10-24-12-17(14)25-19-7-3-4-9-20-19/h1-7,9,14,17H,8,10-12H2,(H,21,23)/t14-,17-/m1/s1. The summed E-state index contributed by atoms with van der Waals surface area (Å²) < 4.78 is 16.6. The van der Waals surface area contributed by atoms with Crippen molar-refractivity contribution >= 4 is 16.9 Å². The highest BCUT2D eigenvalue weighted by molar-refractivity contribution is 5.86. The predicted molar refractivity (Wildman–Crippen MR) is 93.7 cm³/mol. The van der Waals surface area contributed by atoms with Gasteiger partial charge >= 0.3 is 0 Å². The van der Waals surface area contributed by atoms with Gasteiger partial charge in [-0.25, -0.2) is 4.98 Å². The number of nitrogens with one attached hydrogen (secondary N) is 1. The zero-order valence-corrected chi connectivity index (χ0v) is 14.1. The summed E-state index contributed by atoms with van der Waals surface area (Å²) in [4.78, 5) is 16.7. The maximum Gasteiger partial charge on any atom is 0.226 e. The van der Waals surface area contributed by atoms with Gasteiger partial charge in [0.2, 0.25) is 11.8 Å². The number of rotatable bonds is 5. The molecule has 1 aliphatic rings. The third kappa shape index (κ3) is 3.67. The van der Waals surface area contributed by atoms with Gasteiger partial charge < -0.3 is 19.3 Å². The van der Waals surface area contributed by atoms with E-state index in [1.165, 1.54) is 0 Å². The number of benzene rings is 1. The first-order chi connectivity index (χ1) is 12.8. The largest absolute Gasteiger partial charge is 0.470 e. The van der Waals surface area contributed by atoms with Crippen LogP contribution in [0.1, 0.15) is 12.1 Å². The molecule has 1 aromatic carbocycles. The Morgan fingerprint density at radius 2 is 2.12 bits per heavy atom. The Balaban J connectivity index is 1.41. The molecule has 1 aliphatic heterocycles. The van der Waals surface area contributed by atoms with E-state index in [1.54, 1.807) is 12.3 Å². The molecule has 4 rings (SSSR count). The first kappa shape index (κ1) is 16.5. The van der Waals surface area contributed by atoms with E-state index in [2.05, 4.69) is 15.5 Å². The normalized spacial score (nSPS) is 20.0. The van der Waals surface area contributed by atoms with Gasteiger partial charge in [-0.3, -0.25) is 4.79 Å². The molecule has 134 valence electrons. The van der Waals surface area contributed by atoms with E-state index in [9.17, 15) is 4.79 Å². The summed E-state index contributed by atoms with van der Waals surface area (Å²) in [6.45, 7) is 0.994. The molecule has 1 N–H and O–H groups in total. The summed E-state index contributed by atoms with van der Waals surface area (Å²) in [5.74, 6) is 0.398. The average Bonchev–Trinajstić information content (AvgIpc) is 3.07. The van der Waals surface area contributed by atoms with Crippen LogP contribution in [0, 0.1) is 0 Å². The number of ether oxygens (including phenoxy) is 2. The fourth-order valence-corrected chi connectivity index (χ4v) is 3.04.